The lowest BCUT2D eigenvalue weighted by atomic mass is 9.77. The molecule has 3 amide bonds. The van der Waals surface area contributed by atoms with Crippen LogP contribution in [0.2, 0.25) is 0 Å². The zero-order valence-electron chi connectivity index (χ0n) is 17.1. The summed E-state index contributed by atoms with van der Waals surface area (Å²) in [6, 6.07) is 7.09. The molecule has 29 heavy (non-hydrogen) atoms. The van der Waals surface area contributed by atoms with Gasteiger partial charge < -0.3 is 16.2 Å². The molecule has 1 aliphatic carbocycles. The number of carbonyl (C=O) groups excluding carboxylic acids is 3. The first-order valence-electron chi connectivity index (χ1n) is 9.83. The maximum Gasteiger partial charge on any atom is 0.272 e. The third-order valence-corrected chi connectivity index (χ3v) is 5.57. The Balaban J connectivity index is 2.20. The van der Waals surface area contributed by atoms with Crippen LogP contribution in [-0.2, 0) is 27.2 Å². The maximum absolute atomic E-state index is 12.9. The molecule has 2 rings (SSSR count). The fraction of sp³-hybridized carbons (Fsp3) is 0.571. The van der Waals surface area contributed by atoms with Crippen molar-refractivity contribution in [1.82, 2.24) is 10.8 Å². The molecule has 0 spiro atoms. The summed E-state index contributed by atoms with van der Waals surface area (Å²) in [5.74, 6) is -3.45. The van der Waals surface area contributed by atoms with E-state index in [0.717, 1.165) is 19.3 Å². The molecule has 0 saturated heterocycles. The molecular weight excluding hydrogens is 374 g/mol. The Morgan fingerprint density at radius 3 is 2.34 bits per heavy atom. The molecule has 8 heteroatoms. The first kappa shape index (κ1) is 22.8. The second kappa shape index (κ2) is 9.37. The summed E-state index contributed by atoms with van der Waals surface area (Å²) < 4.78 is 0. The molecule has 1 aromatic carbocycles. The molecule has 0 bridgehead atoms. The fourth-order valence-corrected chi connectivity index (χ4v) is 3.93. The standard InChI is InChI=1S/C21H31N3O5/c1-21(2,3)17(18(22)26)23-19(27)15(16(25)20(28)24-29)11-12-8-9-13-6-4-5-7-14(13)10-12/h4-7,12,15-17,25,29H,8-11H2,1-3H3,(H2,22,26)(H,23,27)(H,24,28)/t12-,15-,16+,17-/m1/s1. The van der Waals surface area contributed by atoms with Gasteiger partial charge in [-0.3, -0.25) is 19.6 Å². The zero-order chi connectivity index (χ0) is 21.8. The Morgan fingerprint density at radius 1 is 1.17 bits per heavy atom. The number of carbonyl (C=O) groups is 3. The van der Waals surface area contributed by atoms with Crippen molar-refractivity contribution in [2.45, 2.75) is 58.6 Å². The van der Waals surface area contributed by atoms with Gasteiger partial charge in [-0.2, -0.15) is 0 Å². The number of aliphatic hydroxyl groups excluding tert-OH is 1. The van der Waals surface area contributed by atoms with Crippen molar-refractivity contribution in [3.63, 3.8) is 0 Å². The lowest BCUT2D eigenvalue weighted by molar-refractivity contribution is -0.147. The Hall–Kier alpha value is -2.45. The largest absolute Gasteiger partial charge is 0.382 e. The summed E-state index contributed by atoms with van der Waals surface area (Å²) >= 11 is 0. The minimum Gasteiger partial charge on any atom is -0.382 e. The highest BCUT2D eigenvalue weighted by atomic mass is 16.5. The first-order chi connectivity index (χ1) is 13.5. The van der Waals surface area contributed by atoms with Crippen LogP contribution in [0.5, 0.6) is 0 Å². The van der Waals surface area contributed by atoms with Crippen LogP contribution in [-0.4, -0.2) is 40.2 Å². The number of amides is 3. The quantitative estimate of drug-likeness (QED) is 0.335. The van der Waals surface area contributed by atoms with Crippen molar-refractivity contribution in [2.24, 2.45) is 23.0 Å². The Labute approximate surface area is 170 Å². The van der Waals surface area contributed by atoms with Crippen LogP contribution in [0.4, 0.5) is 0 Å². The van der Waals surface area contributed by atoms with E-state index in [9.17, 15) is 19.5 Å². The molecule has 0 radical (unpaired) electrons. The van der Waals surface area contributed by atoms with Gasteiger partial charge in [0, 0.05) is 0 Å². The van der Waals surface area contributed by atoms with Crippen LogP contribution >= 0.6 is 0 Å². The summed E-state index contributed by atoms with van der Waals surface area (Å²) in [7, 11) is 0. The third-order valence-electron chi connectivity index (χ3n) is 5.57. The maximum atomic E-state index is 12.9. The molecule has 6 N–H and O–H groups in total. The van der Waals surface area contributed by atoms with Crippen LogP contribution in [0.15, 0.2) is 24.3 Å². The number of rotatable bonds is 7. The Kier molecular flexibility index (Phi) is 7.37. The van der Waals surface area contributed by atoms with Gasteiger partial charge in [-0.25, -0.2) is 5.48 Å². The molecule has 160 valence electrons. The molecule has 1 aromatic rings. The van der Waals surface area contributed by atoms with E-state index < -0.39 is 41.2 Å². The molecule has 0 heterocycles. The monoisotopic (exact) mass is 405 g/mol. The number of primary amides is 1. The van der Waals surface area contributed by atoms with Crippen molar-refractivity contribution in [3.05, 3.63) is 35.4 Å². The second-order valence-corrected chi connectivity index (χ2v) is 8.85. The van der Waals surface area contributed by atoms with Gasteiger partial charge in [-0.05, 0) is 48.1 Å². The van der Waals surface area contributed by atoms with Gasteiger partial charge >= 0.3 is 0 Å². The number of aliphatic hydroxyl groups is 1. The van der Waals surface area contributed by atoms with Crippen LogP contribution in [0.1, 0.15) is 44.7 Å². The van der Waals surface area contributed by atoms with E-state index in [4.69, 9.17) is 10.9 Å². The molecule has 0 aromatic heterocycles. The number of hydrogen-bond donors (Lipinski definition) is 5. The van der Waals surface area contributed by atoms with Crippen molar-refractivity contribution in [1.29, 1.82) is 0 Å². The smallest absolute Gasteiger partial charge is 0.272 e. The Morgan fingerprint density at radius 2 is 1.79 bits per heavy atom. The van der Waals surface area contributed by atoms with Gasteiger partial charge in [-0.1, -0.05) is 45.0 Å². The van der Waals surface area contributed by atoms with Gasteiger partial charge in [0.15, 0.2) is 0 Å². The summed E-state index contributed by atoms with van der Waals surface area (Å²) in [5.41, 5.74) is 8.65. The van der Waals surface area contributed by atoms with Gasteiger partial charge in [0.1, 0.15) is 12.1 Å². The first-order valence-corrected chi connectivity index (χ1v) is 9.83. The summed E-state index contributed by atoms with van der Waals surface area (Å²) in [4.78, 5) is 36.6. The molecule has 4 atom stereocenters. The minimum absolute atomic E-state index is 0.0726. The summed E-state index contributed by atoms with van der Waals surface area (Å²) in [6.07, 6.45) is 0.887. The van der Waals surface area contributed by atoms with E-state index in [1.165, 1.54) is 16.6 Å². The molecule has 0 unspecified atom stereocenters. The van der Waals surface area contributed by atoms with Crippen LogP contribution in [0.25, 0.3) is 0 Å². The highest BCUT2D eigenvalue weighted by molar-refractivity contribution is 5.92. The van der Waals surface area contributed by atoms with Crippen molar-refractivity contribution >= 4 is 17.7 Å². The van der Waals surface area contributed by atoms with Crippen LogP contribution < -0.4 is 16.5 Å². The second-order valence-electron chi connectivity index (χ2n) is 8.85. The third kappa shape index (κ3) is 5.77. The predicted octanol–water partition coefficient (Wildman–Crippen LogP) is 0.680. The molecule has 0 aliphatic heterocycles. The number of benzene rings is 1. The van der Waals surface area contributed by atoms with Crippen LogP contribution in [0, 0.1) is 17.3 Å². The lowest BCUT2D eigenvalue weighted by Crippen LogP contribution is -2.56. The SMILES string of the molecule is CC(C)(C)[C@H](NC(=O)[C@H](C[C@@H]1CCc2ccccc2C1)[C@H](O)C(=O)NO)C(N)=O. The van der Waals surface area contributed by atoms with E-state index in [1.807, 2.05) is 18.2 Å². The van der Waals surface area contributed by atoms with E-state index in [0.29, 0.717) is 0 Å². The normalized spacial score (nSPS) is 19.4. The Bertz CT molecular complexity index is 759. The van der Waals surface area contributed by atoms with E-state index >= 15 is 0 Å². The van der Waals surface area contributed by atoms with Crippen molar-refractivity contribution in [2.75, 3.05) is 0 Å². The zero-order valence-corrected chi connectivity index (χ0v) is 17.1. The molecule has 0 saturated carbocycles. The molecule has 1 aliphatic rings. The average molecular weight is 405 g/mol. The topological polar surface area (TPSA) is 142 Å². The fourth-order valence-electron chi connectivity index (χ4n) is 3.93. The van der Waals surface area contributed by atoms with Crippen molar-refractivity contribution < 1.29 is 24.7 Å². The molecule has 0 fully saturated rings. The van der Waals surface area contributed by atoms with E-state index in [1.54, 1.807) is 20.8 Å². The van der Waals surface area contributed by atoms with Crippen LogP contribution in [0.3, 0.4) is 0 Å². The highest BCUT2D eigenvalue weighted by Crippen LogP contribution is 2.31. The van der Waals surface area contributed by atoms with Gasteiger partial charge in [-0.15, -0.1) is 0 Å². The molecular formula is C21H31N3O5. The summed E-state index contributed by atoms with van der Waals surface area (Å²) in [6.45, 7) is 5.27. The van der Waals surface area contributed by atoms with E-state index in [-0.39, 0.29) is 12.3 Å². The van der Waals surface area contributed by atoms with E-state index in [2.05, 4.69) is 11.4 Å². The number of nitrogens with two attached hydrogens (primary N) is 1. The number of aryl methyl sites for hydroxylation is 1. The van der Waals surface area contributed by atoms with Gasteiger partial charge in [0.05, 0.1) is 5.92 Å². The number of hydrogen-bond acceptors (Lipinski definition) is 5. The van der Waals surface area contributed by atoms with Gasteiger partial charge in [0.25, 0.3) is 5.91 Å². The number of fused-ring (bicyclic) bond motifs is 1. The summed E-state index contributed by atoms with van der Waals surface area (Å²) in [5, 5.41) is 21.9. The lowest BCUT2D eigenvalue weighted by Gasteiger charge is -2.33. The minimum atomic E-state index is -1.74. The average Bonchev–Trinajstić information content (AvgIpc) is 2.67. The molecule has 8 nitrogen and oxygen atoms in total. The predicted molar refractivity (Wildman–Crippen MR) is 107 cm³/mol. The van der Waals surface area contributed by atoms with Gasteiger partial charge in [0.2, 0.25) is 11.8 Å². The number of nitrogens with one attached hydrogen (secondary N) is 2. The van der Waals surface area contributed by atoms with Crippen molar-refractivity contribution in [3.8, 4) is 0 Å². The highest BCUT2D eigenvalue weighted by Gasteiger charge is 2.38. The number of hydroxylamine groups is 1.